The Balaban J connectivity index is 1.58. The Morgan fingerprint density at radius 2 is 1.96 bits per heavy atom. The number of nitrogens with zero attached hydrogens (tertiary/aromatic N) is 2. The zero-order valence-electron chi connectivity index (χ0n) is 13.9. The molecule has 1 amide bonds. The van der Waals surface area contributed by atoms with E-state index in [2.05, 4.69) is 15.5 Å². The molecule has 1 heterocycles. The Labute approximate surface area is 144 Å². The molecule has 0 radical (unpaired) electrons. The fraction of sp³-hybridized carbons (Fsp3) is 0.167. The summed E-state index contributed by atoms with van der Waals surface area (Å²) in [5, 5.41) is 6.51. The zero-order chi connectivity index (χ0) is 17.6. The third kappa shape index (κ3) is 4.35. The van der Waals surface area contributed by atoms with Crippen molar-refractivity contribution < 1.29 is 18.8 Å². The second-order valence-electron chi connectivity index (χ2n) is 5.24. The van der Waals surface area contributed by atoms with Crippen molar-refractivity contribution in [2.24, 2.45) is 0 Å². The molecule has 0 aliphatic rings. The average molecular weight is 339 g/mol. The quantitative estimate of drug-likeness (QED) is 0.743. The largest absolute Gasteiger partial charge is 0.497 e. The van der Waals surface area contributed by atoms with Crippen molar-refractivity contribution in [3.8, 4) is 23.0 Å². The van der Waals surface area contributed by atoms with Gasteiger partial charge < -0.3 is 19.3 Å². The molecule has 3 rings (SSSR count). The number of hydrogen-bond donors (Lipinski definition) is 1. The van der Waals surface area contributed by atoms with E-state index >= 15 is 0 Å². The van der Waals surface area contributed by atoms with E-state index in [1.807, 2.05) is 6.07 Å². The third-order valence-electron chi connectivity index (χ3n) is 3.35. The summed E-state index contributed by atoms with van der Waals surface area (Å²) in [6, 6.07) is 14.2. The summed E-state index contributed by atoms with van der Waals surface area (Å²) in [5.74, 6) is 1.97. The van der Waals surface area contributed by atoms with Gasteiger partial charge in [-0.15, -0.1) is 0 Å². The van der Waals surface area contributed by atoms with E-state index < -0.39 is 0 Å². The van der Waals surface area contributed by atoms with E-state index in [-0.39, 0.29) is 12.5 Å². The number of aromatic nitrogens is 2. The first kappa shape index (κ1) is 16.5. The van der Waals surface area contributed by atoms with Crippen molar-refractivity contribution in [1.82, 2.24) is 10.1 Å². The molecule has 0 unspecified atom stereocenters. The van der Waals surface area contributed by atoms with Gasteiger partial charge in [-0.2, -0.15) is 4.98 Å². The Kier molecular flexibility index (Phi) is 4.94. The summed E-state index contributed by atoms with van der Waals surface area (Å²) in [4.78, 5) is 16.2. The van der Waals surface area contributed by atoms with Gasteiger partial charge in [0.05, 0.1) is 7.11 Å². The second-order valence-corrected chi connectivity index (χ2v) is 5.24. The maximum absolute atomic E-state index is 12.0. The van der Waals surface area contributed by atoms with Gasteiger partial charge in [0, 0.05) is 11.3 Å². The van der Waals surface area contributed by atoms with Crippen LogP contribution in [-0.2, 0) is 4.79 Å². The van der Waals surface area contributed by atoms with Crippen LogP contribution in [0.25, 0.3) is 11.5 Å². The molecule has 3 aromatic rings. The van der Waals surface area contributed by atoms with Crippen molar-refractivity contribution in [2.45, 2.75) is 6.92 Å². The molecule has 0 aliphatic heterocycles. The number of aryl methyl sites for hydroxylation is 1. The van der Waals surface area contributed by atoms with Crippen molar-refractivity contribution in [1.29, 1.82) is 0 Å². The first-order valence-electron chi connectivity index (χ1n) is 7.61. The maximum Gasteiger partial charge on any atom is 0.262 e. The van der Waals surface area contributed by atoms with Crippen molar-refractivity contribution in [2.75, 3.05) is 19.0 Å². The van der Waals surface area contributed by atoms with Gasteiger partial charge in [0.2, 0.25) is 0 Å². The molecule has 0 fully saturated rings. The Bertz CT molecular complexity index is 859. The highest BCUT2D eigenvalue weighted by Crippen LogP contribution is 2.22. The van der Waals surface area contributed by atoms with Gasteiger partial charge in [-0.1, -0.05) is 11.2 Å². The number of amides is 1. The zero-order valence-corrected chi connectivity index (χ0v) is 13.9. The van der Waals surface area contributed by atoms with E-state index in [1.54, 1.807) is 56.5 Å². The lowest BCUT2D eigenvalue weighted by Gasteiger charge is -2.08. The molecule has 128 valence electrons. The minimum atomic E-state index is -0.260. The summed E-state index contributed by atoms with van der Waals surface area (Å²) in [5.41, 5.74) is 1.40. The van der Waals surface area contributed by atoms with Crippen LogP contribution in [0.4, 0.5) is 5.69 Å². The Morgan fingerprint density at radius 3 is 2.64 bits per heavy atom. The Morgan fingerprint density at radius 1 is 1.16 bits per heavy atom. The molecule has 0 aliphatic carbocycles. The summed E-state index contributed by atoms with van der Waals surface area (Å²) < 4.78 is 15.7. The number of rotatable bonds is 6. The highest BCUT2D eigenvalue weighted by atomic mass is 16.5. The molecule has 0 saturated heterocycles. The number of methoxy groups -OCH3 is 1. The first-order valence-corrected chi connectivity index (χ1v) is 7.61. The monoisotopic (exact) mass is 339 g/mol. The molecule has 25 heavy (non-hydrogen) atoms. The molecule has 1 N–H and O–H groups in total. The van der Waals surface area contributed by atoms with Gasteiger partial charge in [0.25, 0.3) is 11.8 Å². The van der Waals surface area contributed by atoms with Gasteiger partial charge in [0.15, 0.2) is 12.4 Å². The van der Waals surface area contributed by atoms with Gasteiger partial charge in [-0.3, -0.25) is 4.79 Å². The van der Waals surface area contributed by atoms with Crippen molar-refractivity contribution in [3.63, 3.8) is 0 Å². The fourth-order valence-corrected chi connectivity index (χ4v) is 2.15. The van der Waals surface area contributed by atoms with Crippen LogP contribution in [-0.4, -0.2) is 29.8 Å². The van der Waals surface area contributed by atoms with E-state index in [0.29, 0.717) is 23.2 Å². The standard InChI is InChI=1S/C18H17N3O4/c1-12-19-18(25-21-12)13-4-3-5-16(10-13)24-11-17(22)20-14-6-8-15(23-2)9-7-14/h3-10H,11H2,1-2H3,(H,20,22). The molecule has 2 aromatic carbocycles. The highest BCUT2D eigenvalue weighted by Gasteiger charge is 2.09. The molecule has 7 nitrogen and oxygen atoms in total. The second kappa shape index (κ2) is 7.48. The van der Waals surface area contributed by atoms with Gasteiger partial charge >= 0.3 is 0 Å². The predicted octanol–water partition coefficient (Wildman–Crippen LogP) is 3.07. The van der Waals surface area contributed by atoms with Gasteiger partial charge in [-0.25, -0.2) is 0 Å². The molecule has 0 bridgehead atoms. The normalized spacial score (nSPS) is 10.3. The van der Waals surface area contributed by atoms with Crippen LogP contribution in [0.2, 0.25) is 0 Å². The molecule has 7 heteroatoms. The minimum absolute atomic E-state index is 0.113. The molecular formula is C18H17N3O4. The van der Waals surface area contributed by atoms with Gasteiger partial charge in [-0.05, 0) is 49.4 Å². The minimum Gasteiger partial charge on any atom is -0.497 e. The van der Waals surface area contributed by atoms with Crippen LogP contribution in [0, 0.1) is 6.92 Å². The van der Waals surface area contributed by atoms with Crippen LogP contribution in [0.5, 0.6) is 11.5 Å². The van der Waals surface area contributed by atoms with Crippen LogP contribution in [0.15, 0.2) is 53.1 Å². The number of carbonyl (C=O) groups excluding carboxylic acids is 1. The van der Waals surface area contributed by atoms with Gasteiger partial charge in [0.1, 0.15) is 11.5 Å². The van der Waals surface area contributed by atoms with E-state index in [4.69, 9.17) is 14.0 Å². The molecule has 1 aromatic heterocycles. The number of nitrogens with one attached hydrogen (secondary N) is 1. The highest BCUT2D eigenvalue weighted by molar-refractivity contribution is 5.91. The molecular weight excluding hydrogens is 322 g/mol. The molecule has 0 atom stereocenters. The number of carbonyl (C=O) groups is 1. The molecule has 0 spiro atoms. The summed E-state index contributed by atoms with van der Waals surface area (Å²) in [7, 11) is 1.59. The predicted molar refractivity (Wildman–Crippen MR) is 91.6 cm³/mol. The molecule has 0 saturated carbocycles. The first-order chi connectivity index (χ1) is 12.1. The van der Waals surface area contributed by atoms with Crippen molar-refractivity contribution >= 4 is 11.6 Å². The SMILES string of the molecule is COc1ccc(NC(=O)COc2cccc(-c3nc(C)no3)c2)cc1. The average Bonchev–Trinajstić information content (AvgIpc) is 3.07. The number of ether oxygens (including phenoxy) is 2. The summed E-state index contributed by atoms with van der Waals surface area (Å²) in [6.07, 6.45) is 0. The van der Waals surface area contributed by atoms with Crippen LogP contribution >= 0.6 is 0 Å². The summed E-state index contributed by atoms with van der Waals surface area (Å²) >= 11 is 0. The van der Waals surface area contributed by atoms with Crippen molar-refractivity contribution in [3.05, 3.63) is 54.4 Å². The maximum atomic E-state index is 12.0. The topological polar surface area (TPSA) is 86.5 Å². The van der Waals surface area contributed by atoms with E-state index in [1.165, 1.54) is 0 Å². The number of benzene rings is 2. The number of anilines is 1. The summed E-state index contributed by atoms with van der Waals surface area (Å²) in [6.45, 7) is 1.63. The van der Waals surface area contributed by atoms with Crippen LogP contribution < -0.4 is 14.8 Å². The van der Waals surface area contributed by atoms with E-state index in [9.17, 15) is 4.79 Å². The number of hydrogen-bond acceptors (Lipinski definition) is 6. The lowest BCUT2D eigenvalue weighted by molar-refractivity contribution is -0.118. The fourth-order valence-electron chi connectivity index (χ4n) is 2.15. The van der Waals surface area contributed by atoms with Crippen LogP contribution in [0.3, 0.4) is 0 Å². The van der Waals surface area contributed by atoms with E-state index in [0.717, 1.165) is 11.3 Å². The lowest BCUT2D eigenvalue weighted by Crippen LogP contribution is -2.20. The third-order valence-corrected chi connectivity index (χ3v) is 3.35. The van der Waals surface area contributed by atoms with Crippen LogP contribution in [0.1, 0.15) is 5.82 Å². The Hall–Kier alpha value is -3.35. The lowest BCUT2D eigenvalue weighted by atomic mass is 10.2. The smallest absolute Gasteiger partial charge is 0.262 e.